The van der Waals surface area contributed by atoms with Gasteiger partial charge in [0.15, 0.2) is 0 Å². The van der Waals surface area contributed by atoms with Gasteiger partial charge in [-0.2, -0.15) is 57.1 Å². The van der Waals surface area contributed by atoms with E-state index >= 15 is 0 Å². The predicted octanol–water partition coefficient (Wildman–Crippen LogP) is 8.55. The Balaban J connectivity index is 1.98. The third-order valence-corrected chi connectivity index (χ3v) is 5.61. The zero-order valence-electron chi connectivity index (χ0n) is 17.5. The highest BCUT2D eigenvalue weighted by Crippen LogP contribution is 2.60. The molecule has 0 saturated heterocycles. The van der Waals surface area contributed by atoms with E-state index in [2.05, 4.69) is 0 Å². The number of alkyl halides is 13. The Morgan fingerprint density at radius 2 is 1.03 bits per heavy atom. The first-order chi connectivity index (χ1) is 16.3. The fraction of sp³-hybridized carbons (Fsp3) is 0.429. The first kappa shape index (κ1) is 29.9. The molecule has 0 amide bonds. The van der Waals surface area contributed by atoms with Crippen molar-refractivity contribution in [2.75, 3.05) is 11.7 Å². The highest BCUT2D eigenvalue weighted by Gasteiger charge is 2.90. The fourth-order valence-electron chi connectivity index (χ4n) is 2.70. The Hall–Kier alpha value is -2.32. The summed E-state index contributed by atoms with van der Waals surface area (Å²) in [5.74, 6) is -38.1. The summed E-state index contributed by atoms with van der Waals surface area (Å²) in [5.41, 5.74) is 1.64. The molecule has 2 aromatic rings. The number of hydrogen-bond donors (Lipinski definition) is 0. The second kappa shape index (κ2) is 10.2. The first-order valence-corrected chi connectivity index (χ1v) is 10.8. The smallest absolute Gasteiger partial charge is 0.460 e. The molecule has 0 atom stereocenters. The molecule has 202 valence electrons. The molecule has 0 aromatic heterocycles. The van der Waals surface area contributed by atoms with Gasteiger partial charge < -0.3 is 4.74 Å². The average Bonchev–Trinajstić information content (AvgIpc) is 2.78. The first-order valence-electron chi connectivity index (χ1n) is 9.61. The van der Waals surface area contributed by atoms with E-state index in [1.54, 1.807) is 30.3 Å². The minimum absolute atomic E-state index is 0.194. The lowest BCUT2D eigenvalue weighted by atomic mass is 9.93. The molecule has 0 saturated carbocycles. The highest BCUT2D eigenvalue weighted by molar-refractivity contribution is 7.99. The molecule has 2 rings (SSSR count). The molecule has 0 bridgehead atoms. The maximum atomic E-state index is 13.7. The molecule has 15 heteroatoms. The van der Waals surface area contributed by atoms with Crippen molar-refractivity contribution in [1.29, 1.82) is 0 Å². The van der Waals surface area contributed by atoms with E-state index in [0.29, 0.717) is 11.8 Å². The van der Waals surface area contributed by atoms with Crippen molar-refractivity contribution in [3.05, 3.63) is 54.6 Å². The van der Waals surface area contributed by atoms with Crippen LogP contribution >= 0.6 is 11.8 Å². The van der Waals surface area contributed by atoms with Crippen LogP contribution in [0.2, 0.25) is 0 Å². The molecule has 0 fully saturated rings. The van der Waals surface area contributed by atoms with Gasteiger partial charge in [-0.3, -0.25) is 0 Å². The summed E-state index contributed by atoms with van der Waals surface area (Å²) < 4.78 is 175. The summed E-state index contributed by atoms with van der Waals surface area (Å²) >= 11 is 0.323. The molecule has 0 radical (unpaired) electrons. The molecule has 1 nitrogen and oxygen atoms in total. The Morgan fingerprint density at radius 1 is 0.556 bits per heavy atom. The van der Waals surface area contributed by atoms with Crippen molar-refractivity contribution in [3.63, 3.8) is 0 Å². The van der Waals surface area contributed by atoms with Crippen LogP contribution in [0, 0.1) is 0 Å². The van der Waals surface area contributed by atoms with Gasteiger partial charge in [0.05, 0.1) is 0 Å². The zero-order valence-corrected chi connectivity index (χ0v) is 18.4. The lowest BCUT2D eigenvalue weighted by Gasteiger charge is -2.39. The van der Waals surface area contributed by atoms with Gasteiger partial charge in [0.25, 0.3) is 0 Å². The van der Waals surface area contributed by atoms with Gasteiger partial charge in [-0.05, 0) is 23.3 Å². The summed E-state index contributed by atoms with van der Waals surface area (Å²) in [7, 11) is 0. The van der Waals surface area contributed by atoms with Crippen LogP contribution in [0.3, 0.4) is 0 Å². The number of ether oxygens (including phenoxy) is 1. The molecule has 0 aliphatic heterocycles. The largest absolute Gasteiger partial charge is 0.483 e. The number of benzene rings is 2. The van der Waals surface area contributed by atoms with Crippen LogP contribution in [0.5, 0.6) is 5.75 Å². The molecular formula is C21H15F13OS. The molecule has 0 N–H and O–H groups in total. The van der Waals surface area contributed by atoms with Gasteiger partial charge in [-0.1, -0.05) is 42.5 Å². The minimum Gasteiger partial charge on any atom is -0.483 e. The Bertz CT molecular complexity index is 989. The fourth-order valence-corrected chi connectivity index (χ4v) is 3.44. The Morgan fingerprint density at radius 3 is 1.53 bits per heavy atom. The maximum Gasteiger partial charge on any atom is 0.460 e. The number of rotatable bonds is 11. The number of hydrogen-bond acceptors (Lipinski definition) is 2. The van der Waals surface area contributed by atoms with Crippen LogP contribution in [-0.2, 0) is 0 Å². The third-order valence-electron chi connectivity index (χ3n) is 4.83. The van der Waals surface area contributed by atoms with Crippen LogP contribution in [-0.4, -0.2) is 47.5 Å². The van der Waals surface area contributed by atoms with E-state index in [9.17, 15) is 57.1 Å². The lowest BCUT2D eigenvalue weighted by Crippen LogP contribution is -2.70. The van der Waals surface area contributed by atoms with E-state index in [-0.39, 0.29) is 5.75 Å². The monoisotopic (exact) mass is 562 g/mol. The van der Waals surface area contributed by atoms with Crippen molar-refractivity contribution in [2.45, 2.75) is 42.2 Å². The molecule has 36 heavy (non-hydrogen) atoms. The van der Waals surface area contributed by atoms with Crippen LogP contribution < -0.4 is 4.74 Å². The molecular weight excluding hydrogens is 547 g/mol. The van der Waals surface area contributed by atoms with Gasteiger partial charge in [0, 0.05) is 12.2 Å². The second-order valence-corrected chi connectivity index (χ2v) is 8.36. The molecule has 0 aliphatic carbocycles. The molecule has 0 aliphatic rings. The third kappa shape index (κ3) is 5.49. The second-order valence-electron chi connectivity index (χ2n) is 7.31. The van der Waals surface area contributed by atoms with Gasteiger partial charge in [-0.15, -0.1) is 11.8 Å². The molecule has 0 heterocycles. The van der Waals surface area contributed by atoms with Gasteiger partial charge in [-0.25, -0.2) is 0 Å². The van der Waals surface area contributed by atoms with E-state index in [4.69, 9.17) is 4.74 Å². The molecule has 0 spiro atoms. The van der Waals surface area contributed by atoms with E-state index in [0.717, 1.165) is 11.1 Å². The normalized spacial score (nSPS) is 14.1. The van der Waals surface area contributed by atoms with Crippen LogP contribution in [0.1, 0.15) is 6.42 Å². The maximum absolute atomic E-state index is 13.7. The van der Waals surface area contributed by atoms with Gasteiger partial charge >= 0.3 is 35.8 Å². The van der Waals surface area contributed by atoms with Gasteiger partial charge in [0.1, 0.15) is 11.7 Å². The quantitative estimate of drug-likeness (QED) is 0.154. The van der Waals surface area contributed by atoms with Crippen molar-refractivity contribution in [2.24, 2.45) is 0 Å². The summed E-state index contributed by atoms with van der Waals surface area (Å²) in [5, 5.41) is 0. The topological polar surface area (TPSA) is 9.23 Å². The Kier molecular flexibility index (Phi) is 8.48. The van der Waals surface area contributed by atoms with Crippen molar-refractivity contribution < 1.29 is 61.8 Å². The predicted molar refractivity (Wildman–Crippen MR) is 105 cm³/mol. The lowest BCUT2D eigenvalue weighted by molar-refractivity contribution is -0.439. The Labute approximate surface area is 199 Å². The van der Waals surface area contributed by atoms with Crippen molar-refractivity contribution >= 4 is 11.8 Å². The van der Waals surface area contributed by atoms with Crippen molar-refractivity contribution in [1.82, 2.24) is 0 Å². The minimum atomic E-state index is -7.88. The summed E-state index contributed by atoms with van der Waals surface area (Å²) in [6.07, 6.45) is -9.68. The number of halogens is 13. The molecule has 2 aromatic carbocycles. The van der Waals surface area contributed by atoms with Gasteiger partial charge in [0.2, 0.25) is 0 Å². The van der Waals surface area contributed by atoms with Crippen molar-refractivity contribution in [3.8, 4) is 16.9 Å². The van der Waals surface area contributed by atoms with Crippen LogP contribution in [0.4, 0.5) is 57.1 Å². The average molecular weight is 562 g/mol. The highest BCUT2D eigenvalue weighted by atomic mass is 32.2. The molecule has 0 unspecified atom stereocenters. The van der Waals surface area contributed by atoms with E-state index < -0.39 is 53.9 Å². The summed E-state index contributed by atoms with van der Waals surface area (Å²) in [4.78, 5) is 0. The summed E-state index contributed by atoms with van der Waals surface area (Å²) in [6.45, 7) is 0. The SMILES string of the molecule is FC(F)(F)C(F)(F)C(F)(F)C(F)(F)C(F)(F)C(F)(F)CCSCOc1ccc(-c2ccccc2)cc1. The van der Waals surface area contributed by atoms with E-state index in [1.165, 1.54) is 12.1 Å². The van der Waals surface area contributed by atoms with Crippen LogP contribution in [0.25, 0.3) is 11.1 Å². The van der Waals surface area contributed by atoms with Crippen LogP contribution in [0.15, 0.2) is 54.6 Å². The number of thioether (sulfide) groups is 1. The summed E-state index contributed by atoms with van der Waals surface area (Å²) in [6, 6.07) is 15.2. The van der Waals surface area contributed by atoms with E-state index in [1.807, 2.05) is 12.1 Å². The zero-order chi connectivity index (χ0) is 27.6. The standard InChI is InChI=1S/C21H15F13OS/c22-16(23,17(24,25)18(26,27)19(28,29)20(30,31)21(32,33)34)10-11-36-12-35-15-8-6-14(7-9-15)13-4-2-1-3-5-13/h1-9H,10-12H2.